The summed E-state index contributed by atoms with van der Waals surface area (Å²) in [5, 5.41) is 0. The Labute approximate surface area is 107 Å². The number of aromatic amines is 1. The number of hydrogen-bond donors (Lipinski definition) is 1. The molecule has 0 saturated heterocycles. The Hall–Kier alpha value is -1.62. The van der Waals surface area contributed by atoms with E-state index in [1.54, 1.807) is 6.92 Å². The summed E-state index contributed by atoms with van der Waals surface area (Å²) in [4.78, 5) is 18.2. The first-order valence-electron chi connectivity index (χ1n) is 5.10. The summed E-state index contributed by atoms with van der Waals surface area (Å²) < 4.78 is 5.83. The van der Waals surface area contributed by atoms with E-state index in [-0.39, 0.29) is 5.56 Å². The van der Waals surface area contributed by atoms with Crippen molar-refractivity contribution >= 4 is 15.9 Å². The van der Waals surface area contributed by atoms with Gasteiger partial charge in [0.25, 0.3) is 5.56 Å². The Kier molecular flexibility index (Phi) is 3.58. The standard InChI is InChI=1S/C12H11BrN2O2/c1-8-14-11(16)10(13)12(15-8)17-7-9-5-3-2-4-6-9/h2-6H,7H2,1H3,(H,14,15,16). The Balaban J connectivity index is 2.17. The van der Waals surface area contributed by atoms with E-state index >= 15 is 0 Å². The summed E-state index contributed by atoms with van der Waals surface area (Å²) in [5.41, 5.74) is 0.791. The van der Waals surface area contributed by atoms with Gasteiger partial charge in [-0.05, 0) is 28.4 Å². The molecule has 1 aromatic heterocycles. The van der Waals surface area contributed by atoms with Gasteiger partial charge in [0.15, 0.2) is 0 Å². The van der Waals surface area contributed by atoms with E-state index in [0.29, 0.717) is 22.8 Å². The van der Waals surface area contributed by atoms with Crippen LogP contribution in [0.5, 0.6) is 5.88 Å². The molecule has 2 aromatic rings. The lowest BCUT2D eigenvalue weighted by molar-refractivity contribution is 0.290. The van der Waals surface area contributed by atoms with E-state index in [2.05, 4.69) is 25.9 Å². The first kappa shape index (κ1) is 11.9. The number of nitrogens with zero attached hydrogens (tertiary/aromatic N) is 1. The maximum absolute atomic E-state index is 11.4. The van der Waals surface area contributed by atoms with Crippen LogP contribution in [0.4, 0.5) is 0 Å². The predicted octanol–water partition coefficient (Wildman–Crippen LogP) is 2.42. The molecule has 0 amide bonds. The number of ether oxygens (including phenoxy) is 1. The van der Waals surface area contributed by atoms with Gasteiger partial charge in [-0.3, -0.25) is 4.79 Å². The molecule has 1 aromatic carbocycles. The topological polar surface area (TPSA) is 55.0 Å². The Bertz CT molecular complexity index is 566. The third-order valence-corrected chi connectivity index (χ3v) is 2.87. The second-order valence-corrected chi connectivity index (χ2v) is 4.34. The normalized spacial score (nSPS) is 10.2. The molecule has 2 rings (SSSR count). The summed E-state index contributed by atoms with van der Waals surface area (Å²) in [6.07, 6.45) is 0. The van der Waals surface area contributed by atoms with E-state index < -0.39 is 0 Å². The zero-order valence-electron chi connectivity index (χ0n) is 9.24. The van der Waals surface area contributed by atoms with Crippen molar-refractivity contribution in [2.45, 2.75) is 13.5 Å². The van der Waals surface area contributed by atoms with Crippen LogP contribution in [-0.4, -0.2) is 9.97 Å². The molecule has 1 heterocycles. The second kappa shape index (κ2) is 5.14. The minimum absolute atomic E-state index is 0.236. The summed E-state index contributed by atoms with van der Waals surface area (Å²) in [6, 6.07) is 9.71. The van der Waals surface area contributed by atoms with Crippen LogP contribution in [0.25, 0.3) is 0 Å². The van der Waals surface area contributed by atoms with Crippen LogP contribution >= 0.6 is 15.9 Å². The van der Waals surface area contributed by atoms with Gasteiger partial charge in [0, 0.05) is 0 Å². The molecule has 5 heteroatoms. The number of nitrogens with one attached hydrogen (secondary N) is 1. The van der Waals surface area contributed by atoms with Crippen LogP contribution < -0.4 is 10.3 Å². The highest BCUT2D eigenvalue weighted by Crippen LogP contribution is 2.18. The summed E-state index contributed by atoms with van der Waals surface area (Å²) in [7, 11) is 0. The zero-order chi connectivity index (χ0) is 12.3. The molecule has 0 radical (unpaired) electrons. The minimum Gasteiger partial charge on any atom is -0.472 e. The number of benzene rings is 1. The van der Waals surface area contributed by atoms with Crippen LogP contribution in [0.2, 0.25) is 0 Å². The maximum atomic E-state index is 11.4. The zero-order valence-corrected chi connectivity index (χ0v) is 10.8. The van der Waals surface area contributed by atoms with Crippen molar-refractivity contribution < 1.29 is 4.74 Å². The molecule has 4 nitrogen and oxygen atoms in total. The van der Waals surface area contributed by atoms with Gasteiger partial charge < -0.3 is 9.72 Å². The molecule has 0 aliphatic heterocycles. The van der Waals surface area contributed by atoms with Crippen LogP contribution in [0.15, 0.2) is 39.6 Å². The van der Waals surface area contributed by atoms with Gasteiger partial charge in [-0.15, -0.1) is 0 Å². The molecule has 0 fully saturated rings. The fourth-order valence-corrected chi connectivity index (χ4v) is 1.67. The molecule has 0 aliphatic carbocycles. The van der Waals surface area contributed by atoms with Crippen LogP contribution in [0, 0.1) is 6.92 Å². The molecule has 0 saturated carbocycles. The number of H-pyrrole nitrogens is 1. The molecule has 1 N–H and O–H groups in total. The third-order valence-electron chi connectivity index (χ3n) is 2.17. The lowest BCUT2D eigenvalue weighted by Gasteiger charge is -2.07. The average molecular weight is 295 g/mol. The van der Waals surface area contributed by atoms with Crippen molar-refractivity contribution in [1.29, 1.82) is 0 Å². The molecule has 0 atom stereocenters. The van der Waals surface area contributed by atoms with E-state index in [9.17, 15) is 4.79 Å². The summed E-state index contributed by atoms with van der Waals surface area (Å²) in [6.45, 7) is 2.10. The molecule has 0 aliphatic rings. The van der Waals surface area contributed by atoms with E-state index in [0.717, 1.165) is 5.56 Å². The fourth-order valence-electron chi connectivity index (χ4n) is 1.37. The molecule has 17 heavy (non-hydrogen) atoms. The number of rotatable bonds is 3. The average Bonchev–Trinajstić information content (AvgIpc) is 2.33. The number of hydrogen-bond acceptors (Lipinski definition) is 3. The molecule has 0 spiro atoms. The smallest absolute Gasteiger partial charge is 0.269 e. The Morgan fingerprint density at radius 3 is 2.76 bits per heavy atom. The van der Waals surface area contributed by atoms with Gasteiger partial charge >= 0.3 is 0 Å². The summed E-state index contributed by atoms with van der Waals surface area (Å²) >= 11 is 3.16. The maximum Gasteiger partial charge on any atom is 0.269 e. The van der Waals surface area contributed by atoms with Gasteiger partial charge in [0.2, 0.25) is 5.88 Å². The van der Waals surface area contributed by atoms with Gasteiger partial charge in [0.1, 0.15) is 16.9 Å². The van der Waals surface area contributed by atoms with Gasteiger partial charge in [-0.2, -0.15) is 4.98 Å². The van der Waals surface area contributed by atoms with Crippen molar-refractivity contribution in [2.75, 3.05) is 0 Å². The Morgan fingerprint density at radius 2 is 2.06 bits per heavy atom. The van der Waals surface area contributed by atoms with Crippen molar-refractivity contribution in [3.05, 3.63) is 56.5 Å². The van der Waals surface area contributed by atoms with Crippen molar-refractivity contribution in [3.63, 3.8) is 0 Å². The van der Waals surface area contributed by atoms with E-state index in [4.69, 9.17) is 4.74 Å². The summed E-state index contributed by atoms with van der Waals surface area (Å²) in [5.74, 6) is 0.844. The number of aryl methyl sites for hydroxylation is 1. The highest BCUT2D eigenvalue weighted by atomic mass is 79.9. The van der Waals surface area contributed by atoms with Crippen LogP contribution in [0.1, 0.15) is 11.4 Å². The first-order chi connectivity index (χ1) is 8.16. The highest BCUT2D eigenvalue weighted by Gasteiger charge is 2.08. The lowest BCUT2D eigenvalue weighted by Crippen LogP contribution is -2.12. The predicted molar refractivity (Wildman–Crippen MR) is 68.1 cm³/mol. The van der Waals surface area contributed by atoms with Crippen molar-refractivity contribution in [3.8, 4) is 5.88 Å². The molecule has 0 bridgehead atoms. The molecular weight excluding hydrogens is 284 g/mol. The van der Waals surface area contributed by atoms with Crippen molar-refractivity contribution in [2.24, 2.45) is 0 Å². The first-order valence-corrected chi connectivity index (χ1v) is 5.89. The largest absolute Gasteiger partial charge is 0.472 e. The van der Waals surface area contributed by atoms with Gasteiger partial charge in [-0.1, -0.05) is 30.3 Å². The SMILES string of the molecule is Cc1nc(OCc2ccccc2)c(Br)c(=O)[nH]1. The third kappa shape index (κ3) is 2.94. The quantitative estimate of drug-likeness (QED) is 0.946. The van der Waals surface area contributed by atoms with Crippen LogP contribution in [0.3, 0.4) is 0 Å². The van der Waals surface area contributed by atoms with Crippen molar-refractivity contribution in [1.82, 2.24) is 9.97 Å². The molecular formula is C12H11BrN2O2. The molecule has 0 unspecified atom stereocenters. The van der Waals surface area contributed by atoms with Gasteiger partial charge in [-0.25, -0.2) is 0 Å². The fraction of sp³-hybridized carbons (Fsp3) is 0.167. The number of halogens is 1. The highest BCUT2D eigenvalue weighted by molar-refractivity contribution is 9.10. The molecule has 88 valence electrons. The Morgan fingerprint density at radius 1 is 1.35 bits per heavy atom. The number of aromatic nitrogens is 2. The van der Waals surface area contributed by atoms with Crippen LogP contribution in [-0.2, 0) is 6.61 Å². The minimum atomic E-state index is -0.236. The van der Waals surface area contributed by atoms with Gasteiger partial charge in [0.05, 0.1) is 0 Å². The van der Waals surface area contributed by atoms with E-state index in [1.807, 2.05) is 30.3 Å². The monoisotopic (exact) mass is 294 g/mol. The lowest BCUT2D eigenvalue weighted by atomic mass is 10.2. The second-order valence-electron chi connectivity index (χ2n) is 3.54. The van der Waals surface area contributed by atoms with E-state index in [1.165, 1.54) is 0 Å².